The summed E-state index contributed by atoms with van der Waals surface area (Å²) in [5.74, 6) is -0.108. The number of nitrogen functional groups attached to an aromatic ring is 1. The molecule has 0 bridgehead atoms. The van der Waals surface area contributed by atoms with Crippen molar-refractivity contribution in [3.63, 3.8) is 0 Å². The van der Waals surface area contributed by atoms with Gasteiger partial charge in [-0.25, -0.2) is 4.98 Å². The summed E-state index contributed by atoms with van der Waals surface area (Å²) in [5, 5.41) is 2.75. The summed E-state index contributed by atoms with van der Waals surface area (Å²) in [7, 11) is 0. The van der Waals surface area contributed by atoms with Crippen molar-refractivity contribution in [2.75, 3.05) is 11.1 Å². The van der Waals surface area contributed by atoms with Gasteiger partial charge in [0, 0.05) is 12.1 Å². The second-order valence-corrected chi connectivity index (χ2v) is 3.65. The molecular weight excluding hydrogens is 247 g/mol. The molecule has 0 saturated carbocycles. The average Bonchev–Trinajstić information content (AvgIpc) is 2.77. The van der Waals surface area contributed by atoms with E-state index in [0.29, 0.717) is 6.54 Å². The molecule has 0 aromatic carbocycles. The van der Waals surface area contributed by atoms with Gasteiger partial charge in [-0.1, -0.05) is 0 Å². The van der Waals surface area contributed by atoms with Crippen LogP contribution in [0.4, 0.5) is 24.8 Å². The average molecular weight is 257 g/mol. The van der Waals surface area contributed by atoms with E-state index >= 15 is 0 Å². The second kappa shape index (κ2) is 4.59. The van der Waals surface area contributed by atoms with Gasteiger partial charge in [0.1, 0.15) is 11.6 Å². The number of halogens is 3. The lowest BCUT2D eigenvalue weighted by atomic mass is 10.2. The van der Waals surface area contributed by atoms with Crippen molar-refractivity contribution in [3.8, 4) is 0 Å². The Morgan fingerprint density at radius 1 is 1.33 bits per heavy atom. The van der Waals surface area contributed by atoms with Gasteiger partial charge in [0.05, 0.1) is 18.1 Å². The van der Waals surface area contributed by atoms with E-state index in [1.165, 1.54) is 12.5 Å². The number of alkyl halides is 3. The van der Waals surface area contributed by atoms with E-state index < -0.39 is 11.7 Å². The Labute approximate surface area is 101 Å². The lowest BCUT2D eigenvalue weighted by Crippen LogP contribution is -2.09. The second-order valence-electron chi connectivity index (χ2n) is 3.65. The fourth-order valence-corrected chi connectivity index (χ4v) is 1.39. The van der Waals surface area contributed by atoms with Gasteiger partial charge in [0.15, 0.2) is 0 Å². The number of hydrogen-bond acceptors (Lipinski definition) is 4. The highest BCUT2D eigenvalue weighted by Gasteiger charge is 2.31. The highest BCUT2D eigenvalue weighted by Crippen LogP contribution is 2.31. The molecule has 0 spiro atoms. The van der Waals surface area contributed by atoms with Gasteiger partial charge < -0.3 is 15.5 Å². The van der Waals surface area contributed by atoms with Crippen LogP contribution in [0.3, 0.4) is 0 Å². The van der Waals surface area contributed by atoms with E-state index in [0.717, 1.165) is 17.7 Å². The van der Waals surface area contributed by atoms with Crippen LogP contribution in [0.25, 0.3) is 0 Å². The van der Waals surface area contributed by atoms with Crippen LogP contribution in [-0.4, -0.2) is 4.98 Å². The molecule has 0 unspecified atom stereocenters. The van der Waals surface area contributed by atoms with Gasteiger partial charge in [-0.15, -0.1) is 0 Å². The fourth-order valence-electron chi connectivity index (χ4n) is 1.39. The van der Waals surface area contributed by atoms with Crippen LogP contribution >= 0.6 is 0 Å². The number of nitrogens with two attached hydrogens (primary N) is 1. The van der Waals surface area contributed by atoms with Crippen LogP contribution in [0.5, 0.6) is 0 Å². The number of rotatable bonds is 3. The molecule has 7 heteroatoms. The van der Waals surface area contributed by atoms with Crippen molar-refractivity contribution >= 4 is 11.6 Å². The number of hydrogen-bond donors (Lipinski definition) is 2. The number of furan rings is 1. The number of nitrogens with one attached hydrogen (secondary N) is 1. The summed E-state index contributed by atoms with van der Waals surface area (Å²) in [6, 6.07) is 3.41. The fraction of sp³-hybridized carbons (Fsp3) is 0.182. The largest absolute Gasteiger partial charge is 0.472 e. The standard InChI is InChI=1S/C11H10F3N3O/c12-11(13,14)8-3-9(15)17-10(4-8)16-5-7-1-2-18-6-7/h1-4,6H,5H2,(H3,15,16,17). The molecule has 0 aliphatic rings. The van der Waals surface area contributed by atoms with Crippen molar-refractivity contribution in [2.24, 2.45) is 0 Å². The highest BCUT2D eigenvalue weighted by atomic mass is 19.4. The summed E-state index contributed by atoms with van der Waals surface area (Å²) in [4.78, 5) is 3.78. The molecule has 2 aromatic rings. The number of anilines is 2. The van der Waals surface area contributed by atoms with E-state index in [1.807, 2.05) is 0 Å². The van der Waals surface area contributed by atoms with Gasteiger partial charge >= 0.3 is 6.18 Å². The van der Waals surface area contributed by atoms with E-state index in [2.05, 4.69) is 10.3 Å². The van der Waals surface area contributed by atoms with Gasteiger partial charge in [-0.2, -0.15) is 13.2 Å². The zero-order valence-corrected chi connectivity index (χ0v) is 9.16. The molecule has 0 atom stereocenters. The maximum absolute atomic E-state index is 12.5. The molecule has 0 amide bonds. The zero-order chi connectivity index (χ0) is 13.2. The highest BCUT2D eigenvalue weighted by molar-refractivity contribution is 5.47. The maximum atomic E-state index is 12.5. The summed E-state index contributed by atoms with van der Waals surface area (Å²) in [5.41, 5.74) is 5.31. The summed E-state index contributed by atoms with van der Waals surface area (Å²) in [6.07, 6.45) is -1.47. The van der Waals surface area contributed by atoms with Gasteiger partial charge in [0.25, 0.3) is 0 Å². The summed E-state index contributed by atoms with van der Waals surface area (Å²) in [6.45, 7) is 0.310. The normalized spacial score (nSPS) is 11.5. The molecule has 4 nitrogen and oxygen atoms in total. The van der Waals surface area contributed by atoms with E-state index in [-0.39, 0.29) is 11.6 Å². The van der Waals surface area contributed by atoms with Crippen molar-refractivity contribution < 1.29 is 17.6 Å². The SMILES string of the molecule is Nc1cc(C(F)(F)F)cc(NCc2ccoc2)n1. The first-order valence-corrected chi connectivity index (χ1v) is 5.05. The minimum absolute atomic E-state index is 0.0727. The number of aromatic nitrogens is 1. The predicted molar refractivity (Wildman–Crippen MR) is 59.7 cm³/mol. The van der Waals surface area contributed by atoms with Gasteiger partial charge in [-0.05, 0) is 18.2 Å². The Hall–Kier alpha value is -2.18. The minimum atomic E-state index is -4.44. The molecule has 2 rings (SSSR count). The maximum Gasteiger partial charge on any atom is 0.416 e. The van der Waals surface area contributed by atoms with E-state index in [9.17, 15) is 13.2 Å². The third-order valence-corrected chi connectivity index (χ3v) is 2.23. The first-order valence-electron chi connectivity index (χ1n) is 5.05. The topological polar surface area (TPSA) is 64.1 Å². The quantitative estimate of drug-likeness (QED) is 0.887. The molecule has 18 heavy (non-hydrogen) atoms. The van der Waals surface area contributed by atoms with Crippen LogP contribution in [0.15, 0.2) is 35.1 Å². The summed E-state index contributed by atoms with van der Waals surface area (Å²) < 4.78 is 42.4. The third kappa shape index (κ3) is 2.93. The lowest BCUT2D eigenvalue weighted by molar-refractivity contribution is -0.137. The Bertz CT molecular complexity index is 523. The lowest BCUT2D eigenvalue weighted by Gasteiger charge is -2.10. The molecule has 0 aliphatic heterocycles. The van der Waals surface area contributed by atoms with Crippen molar-refractivity contribution in [1.82, 2.24) is 4.98 Å². The Kier molecular flexibility index (Phi) is 3.14. The van der Waals surface area contributed by atoms with E-state index in [4.69, 9.17) is 10.2 Å². The van der Waals surface area contributed by atoms with Crippen LogP contribution in [0, 0.1) is 0 Å². The monoisotopic (exact) mass is 257 g/mol. The van der Waals surface area contributed by atoms with Crippen molar-refractivity contribution in [3.05, 3.63) is 41.9 Å². The smallest absolute Gasteiger partial charge is 0.416 e. The molecular formula is C11H10F3N3O. The predicted octanol–water partition coefficient (Wildman–Crippen LogP) is 2.89. The molecule has 3 N–H and O–H groups in total. The van der Waals surface area contributed by atoms with Gasteiger partial charge in [0.2, 0.25) is 0 Å². The number of pyridine rings is 1. The zero-order valence-electron chi connectivity index (χ0n) is 9.16. The van der Waals surface area contributed by atoms with Crippen LogP contribution in [0.1, 0.15) is 11.1 Å². The van der Waals surface area contributed by atoms with Crippen molar-refractivity contribution in [2.45, 2.75) is 12.7 Å². The van der Waals surface area contributed by atoms with Gasteiger partial charge in [-0.3, -0.25) is 0 Å². The molecule has 0 fully saturated rings. The Morgan fingerprint density at radius 3 is 2.72 bits per heavy atom. The van der Waals surface area contributed by atoms with E-state index in [1.54, 1.807) is 6.07 Å². The first-order chi connectivity index (χ1) is 8.45. The molecule has 2 heterocycles. The molecule has 96 valence electrons. The van der Waals surface area contributed by atoms with Crippen LogP contribution < -0.4 is 11.1 Å². The first kappa shape index (κ1) is 12.3. The molecule has 0 radical (unpaired) electrons. The third-order valence-electron chi connectivity index (χ3n) is 2.23. The molecule has 0 saturated heterocycles. The van der Waals surface area contributed by atoms with Crippen molar-refractivity contribution in [1.29, 1.82) is 0 Å². The Balaban J connectivity index is 2.15. The number of nitrogens with zero attached hydrogens (tertiary/aromatic N) is 1. The van der Waals surface area contributed by atoms with Crippen LogP contribution in [0.2, 0.25) is 0 Å². The Morgan fingerprint density at radius 2 is 2.11 bits per heavy atom. The van der Waals surface area contributed by atoms with Crippen LogP contribution in [-0.2, 0) is 12.7 Å². The summed E-state index contributed by atoms with van der Waals surface area (Å²) >= 11 is 0. The molecule has 2 aromatic heterocycles. The minimum Gasteiger partial charge on any atom is -0.472 e. The molecule has 0 aliphatic carbocycles.